The standard InChI is InChI=1S/C31H35ClN4OS/c1-21-10-9-13-24(16-21)20-38-30-35-34-29(36(30)27-18-25(32)15-14-22(27)2)26(17-23-11-7-6-8-12-23)33-28(37)19-31(3,4)5/h6-16,18,26H,17,19-20H2,1-5H3,(H,33,37). The van der Waals surface area contributed by atoms with Gasteiger partial charge < -0.3 is 5.32 Å². The van der Waals surface area contributed by atoms with Gasteiger partial charge in [0.1, 0.15) is 0 Å². The fourth-order valence-electron chi connectivity index (χ4n) is 4.38. The minimum Gasteiger partial charge on any atom is -0.346 e. The van der Waals surface area contributed by atoms with E-state index in [1.807, 2.05) is 36.4 Å². The maximum Gasteiger partial charge on any atom is 0.221 e. The number of hydrogen-bond acceptors (Lipinski definition) is 4. The first-order valence-electron chi connectivity index (χ1n) is 12.8. The van der Waals surface area contributed by atoms with Crippen molar-refractivity contribution in [2.75, 3.05) is 0 Å². The van der Waals surface area contributed by atoms with Gasteiger partial charge in [0, 0.05) is 17.2 Å². The van der Waals surface area contributed by atoms with Crippen molar-refractivity contribution in [2.24, 2.45) is 5.41 Å². The molecule has 0 aliphatic heterocycles. The largest absolute Gasteiger partial charge is 0.346 e. The van der Waals surface area contributed by atoms with Crippen LogP contribution in [0.2, 0.25) is 5.02 Å². The molecule has 5 nitrogen and oxygen atoms in total. The summed E-state index contributed by atoms with van der Waals surface area (Å²) in [5, 5.41) is 14.0. The first kappa shape index (κ1) is 27.9. The van der Waals surface area contributed by atoms with Crippen molar-refractivity contribution in [3.8, 4) is 5.69 Å². The molecule has 0 saturated heterocycles. The van der Waals surface area contributed by atoms with Gasteiger partial charge in [-0.3, -0.25) is 9.36 Å². The van der Waals surface area contributed by atoms with Crippen LogP contribution >= 0.6 is 23.4 Å². The molecule has 0 aliphatic rings. The number of nitrogens with zero attached hydrogens (tertiary/aromatic N) is 3. The molecule has 0 fully saturated rings. The molecular weight excluding hydrogens is 512 g/mol. The van der Waals surface area contributed by atoms with E-state index < -0.39 is 0 Å². The molecule has 198 valence electrons. The molecule has 0 spiro atoms. The highest BCUT2D eigenvalue weighted by atomic mass is 35.5. The Balaban J connectivity index is 1.77. The molecule has 1 unspecified atom stereocenters. The fourth-order valence-corrected chi connectivity index (χ4v) is 5.44. The van der Waals surface area contributed by atoms with Crippen LogP contribution in [0.5, 0.6) is 0 Å². The lowest BCUT2D eigenvalue weighted by Gasteiger charge is -2.23. The molecule has 3 aromatic carbocycles. The van der Waals surface area contributed by atoms with E-state index in [0.717, 1.165) is 27.7 Å². The van der Waals surface area contributed by atoms with E-state index in [-0.39, 0.29) is 17.4 Å². The summed E-state index contributed by atoms with van der Waals surface area (Å²) in [6, 6.07) is 24.1. The Kier molecular flexibility index (Phi) is 8.95. The van der Waals surface area contributed by atoms with Crippen molar-refractivity contribution in [3.63, 3.8) is 0 Å². The highest BCUT2D eigenvalue weighted by Gasteiger charge is 2.27. The minimum atomic E-state index is -0.369. The van der Waals surface area contributed by atoms with E-state index in [2.05, 4.69) is 91.1 Å². The van der Waals surface area contributed by atoms with Gasteiger partial charge in [-0.25, -0.2) is 0 Å². The Morgan fingerprint density at radius 3 is 2.42 bits per heavy atom. The van der Waals surface area contributed by atoms with E-state index in [1.54, 1.807) is 11.8 Å². The molecule has 0 bridgehead atoms. The van der Waals surface area contributed by atoms with E-state index in [0.29, 0.717) is 23.7 Å². The van der Waals surface area contributed by atoms with Crippen molar-refractivity contribution in [2.45, 2.75) is 64.4 Å². The van der Waals surface area contributed by atoms with Gasteiger partial charge in [-0.1, -0.05) is 110 Å². The van der Waals surface area contributed by atoms with Crippen molar-refractivity contribution in [1.29, 1.82) is 0 Å². The maximum atomic E-state index is 13.2. The average molecular weight is 547 g/mol. The molecule has 0 saturated carbocycles. The number of aryl methyl sites for hydroxylation is 2. The molecule has 1 N–H and O–H groups in total. The number of halogens is 1. The SMILES string of the molecule is Cc1cccc(CSc2nnc(C(Cc3ccccc3)NC(=O)CC(C)(C)C)n2-c2cc(Cl)ccc2C)c1. The number of carbonyl (C=O) groups is 1. The molecule has 4 aromatic rings. The van der Waals surface area contributed by atoms with Crippen LogP contribution in [-0.2, 0) is 17.0 Å². The summed E-state index contributed by atoms with van der Waals surface area (Å²) in [4.78, 5) is 13.2. The number of aromatic nitrogens is 3. The number of amides is 1. The van der Waals surface area contributed by atoms with Gasteiger partial charge in [0.05, 0.1) is 11.7 Å². The highest BCUT2D eigenvalue weighted by molar-refractivity contribution is 7.98. The summed E-state index contributed by atoms with van der Waals surface area (Å²) < 4.78 is 2.06. The zero-order valence-electron chi connectivity index (χ0n) is 22.7. The Morgan fingerprint density at radius 2 is 1.71 bits per heavy atom. The second kappa shape index (κ2) is 12.2. The van der Waals surface area contributed by atoms with E-state index in [1.165, 1.54) is 11.1 Å². The zero-order chi connectivity index (χ0) is 27.3. The first-order valence-corrected chi connectivity index (χ1v) is 14.2. The number of carbonyl (C=O) groups excluding carboxylic acids is 1. The number of benzene rings is 3. The molecule has 1 amide bonds. The van der Waals surface area contributed by atoms with Gasteiger partial charge in [-0.05, 0) is 54.5 Å². The molecule has 7 heteroatoms. The van der Waals surface area contributed by atoms with Crippen LogP contribution in [-0.4, -0.2) is 20.7 Å². The van der Waals surface area contributed by atoms with Crippen LogP contribution in [0.25, 0.3) is 5.69 Å². The van der Waals surface area contributed by atoms with Gasteiger partial charge in [-0.2, -0.15) is 0 Å². The summed E-state index contributed by atoms with van der Waals surface area (Å²) in [7, 11) is 0. The van der Waals surface area contributed by atoms with Crippen molar-refractivity contribution in [3.05, 3.63) is 106 Å². The number of rotatable bonds is 9. The highest BCUT2D eigenvalue weighted by Crippen LogP contribution is 2.32. The Hall–Kier alpha value is -3.09. The summed E-state index contributed by atoms with van der Waals surface area (Å²) >= 11 is 8.09. The van der Waals surface area contributed by atoms with Crippen LogP contribution in [0.4, 0.5) is 0 Å². The summed E-state index contributed by atoms with van der Waals surface area (Å²) in [5.41, 5.74) is 5.38. The fraction of sp³-hybridized carbons (Fsp3) is 0.323. The second-order valence-electron chi connectivity index (χ2n) is 10.9. The smallest absolute Gasteiger partial charge is 0.221 e. The van der Waals surface area contributed by atoms with Gasteiger partial charge in [0.15, 0.2) is 11.0 Å². The molecule has 1 aromatic heterocycles. The van der Waals surface area contributed by atoms with E-state index in [4.69, 9.17) is 11.6 Å². The van der Waals surface area contributed by atoms with Crippen LogP contribution in [0.1, 0.15) is 61.3 Å². The van der Waals surface area contributed by atoms with Crippen LogP contribution < -0.4 is 5.32 Å². The van der Waals surface area contributed by atoms with Crippen molar-refractivity contribution in [1.82, 2.24) is 20.1 Å². The van der Waals surface area contributed by atoms with E-state index >= 15 is 0 Å². The van der Waals surface area contributed by atoms with Gasteiger partial charge >= 0.3 is 0 Å². The molecule has 0 aliphatic carbocycles. The summed E-state index contributed by atoms with van der Waals surface area (Å²) in [6.45, 7) is 10.3. The minimum absolute atomic E-state index is 0.00948. The lowest BCUT2D eigenvalue weighted by atomic mass is 9.91. The molecule has 38 heavy (non-hydrogen) atoms. The van der Waals surface area contributed by atoms with Crippen molar-refractivity contribution >= 4 is 29.3 Å². The third kappa shape index (κ3) is 7.49. The molecule has 1 atom stereocenters. The zero-order valence-corrected chi connectivity index (χ0v) is 24.2. The summed E-state index contributed by atoms with van der Waals surface area (Å²) in [6.07, 6.45) is 1.01. The number of nitrogens with one attached hydrogen (secondary N) is 1. The van der Waals surface area contributed by atoms with Gasteiger partial charge in [0.2, 0.25) is 5.91 Å². The monoisotopic (exact) mass is 546 g/mol. The third-order valence-electron chi connectivity index (χ3n) is 6.14. The molecule has 1 heterocycles. The number of thioether (sulfide) groups is 1. The van der Waals surface area contributed by atoms with Crippen LogP contribution in [0, 0.1) is 19.3 Å². The Morgan fingerprint density at radius 1 is 0.974 bits per heavy atom. The lowest BCUT2D eigenvalue weighted by molar-refractivity contribution is -0.123. The quantitative estimate of drug-likeness (QED) is 0.219. The second-order valence-corrected chi connectivity index (χ2v) is 12.3. The van der Waals surface area contributed by atoms with Crippen molar-refractivity contribution < 1.29 is 4.79 Å². The normalized spacial score (nSPS) is 12.4. The molecule has 4 rings (SSSR count). The average Bonchev–Trinajstić information content (AvgIpc) is 3.27. The van der Waals surface area contributed by atoms with E-state index in [9.17, 15) is 4.79 Å². The summed E-state index contributed by atoms with van der Waals surface area (Å²) in [5.74, 6) is 1.43. The van der Waals surface area contributed by atoms with Crippen LogP contribution in [0.3, 0.4) is 0 Å². The topological polar surface area (TPSA) is 59.8 Å². The third-order valence-corrected chi connectivity index (χ3v) is 7.38. The van der Waals surface area contributed by atoms with Gasteiger partial charge in [0.25, 0.3) is 0 Å². The predicted octanol–water partition coefficient (Wildman–Crippen LogP) is 7.67. The van der Waals surface area contributed by atoms with Gasteiger partial charge in [-0.15, -0.1) is 10.2 Å². The predicted molar refractivity (Wildman–Crippen MR) is 157 cm³/mol. The number of hydrogen-bond donors (Lipinski definition) is 1. The Bertz CT molecular complexity index is 1390. The maximum absolute atomic E-state index is 13.2. The first-order chi connectivity index (χ1) is 18.1. The molecule has 0 radical (unpaired) electrons. The van der Waals surface area contributed by atoms with Crippen LogP contribution in [0.15, 0.2) is 78.0 Å². The Labute approximate surface area is 235 Å². The molecular formula is C31H35ClN4OS. The lowest BCUT2D eigenvalue weighted by Crippen LogP contribution is -2.34.